The van der Waals surface area contributed by atoms with Crippen LogP contribution in [0.15, 0.2) is 18.2 Å². The molecule has 4 nitrogen and oxygen atoms in total. The van der Waals surface area contributed by atoms with Crippen LogP contribution in [0.3, 0.4) is 0 Å². The van der Waals surface area contributed by atoms with Crippen molar-refractivity contribution in [2.75, 3.05) is 24.6 Å². The first-order chi connectivity index (χ1) is 8.63. The van der Waals surface area contributed by atoms with E-state index in [-0.39, 0.29) is 18.8 Å². The summed E-state index contributed by atoms with van der Waals surface area (Å²) in [5.74, 6) is 0. The molecule has 18 heavy (non-hydrogen) atoms. The molecule has 1 aromatic rings. The van der Waals surface area contributed by atoms with Crippen molar-refractivity contribution in [3.63, 3.8) is 0 Å². The lowest BCUT2D eigenvalue weighted by molar-refractivity contribution is -0.0421. The van der Waals surface area contributed by atoms with E-state index in [9.17, 15) is 5.11 Å². The number of ether oxygens (including phenoxy) is 1. The van der Waals surface area contributed by atoms with Gasteiger partial charge in [-0.25, -0.2) is 0 Å². The Kier molecular flexibility index (Phi) is 4.22. The number of hydrogen-bond donors (Lipinski definition) is 2. The average Bonchev–Trinajstić information content (AvgIpc) is 2.37. The lowest BCUT2D eigenvalue weighted by Gasteiger charge is -2.37. The maximum atomic E-state index is 9.24. The number of nitrogens with two attached hydrogens (primary N) is 1. The summed E-state index contributed by atoms with van der Waals surface area (Å²) in [7, 11) is 0. The van der Waals surface area contributed by atoms with Crippen LogP contribution in [0.1, 0.15) is 18.1 Å². The molecule has 0 radical (unpaired) electrons. The van der Waals surface area contributed by atoms with Gasteiger partial charge in [0, 0.05) is 25.3 Å². The molecule has 1 saturated heterocycles. The van der Waals surface area contributed by atoms with Gasteiger partial charge in [0.15, 0.2) is 0 Å². The Morgan fingerprint density at radius 1 is 1.44 bits per heavy atom. The Bertz CT molecular complexity index is 409. The average molecular weight is 250 g/mol. The molecule has 0 saturated carbocycles. The maximum Gasteiger partial charge on any atom is 0.0984 e. The second kappa shape index (κ2) is 5.69. The van der Waals surface area contributed by atoms with Crippen LogP contribution in [-0.4, -0.2) is 37.0 Å². The summed E-state index contributed by atoms with van der Waals surface area (Å²) in [6.45, 7) is 6.36. The topological polar surface area (TPSA) is 58.7 Å². The van der Waals surface area contributed by atoms with Gasteiger partial charge in [0.2, 0.25) is 0 Å². The van der Waals surface area contributed by atoms with Crippen molar-refractivity contribution in [1.82, 2.24) is 0 Å². The predicted octanol–water partition coefficient (Wildman–Crippen LogP) is 1.04. The van der Waals surface area contributed by atoms with Gasteiger partial charge >= 0.3 is 0 Å². The fourth-order valence-electron chi connectivity index (χ4n) is 2.46. The zero-order valence-corrected chi connectivity index (χ0v) is 11.1. The third-order valence-electron chi connectivity index (χ3n) is 3.44. The highest BCUT2D eigenvalue weighted by Crippen LogP contribution is 2.23. The van der Waals surface area contributed by atoms with Gasteiger partial charge in [-0.2, -0.15) is 0 Å². The van der Waals surface area contributed by atoms with Crippen LogP contribution >= 0.6 is 0 Å². The van der Waals surface area contributed by atoms with Crippen LogP contribution in [0.2, 0.25) is 0 Å². The molecule has 1 heterocycles. The summed E-state index contributed by atoms with van der Waals surface area (Å²) >= 11 is 0. The Labute approximate surface area is 108 Å². The van der Waals surface area contributed by atoms with Crippen LogP contribution in [0.4, 0.5) is 5.69 Å². The van der Waals surface area contributed by atoms with Crippen LogP contribution in [0, 0.1) is 6.92 Å². The highest BCUT2D eigenvalue weighted by molar-refractivity contribution is 5.51. The molecule has 0 amide bonds. The number of aryl methyl sites for hydroxylation is 1. The Morgan fingerprint density at radius 2 is 2.22 bits per heavy atom. The molecule has 1 aliphatic rings. The quantitative estimate of drug-likeness (QED) is 0.841. The monoisotopic (exact) mass is 250 g/mol. The minimum atomic E-state index is -0.0942. The fraction of sp³-hybridized carbons (Fsp3) is 0.571. The first kappa shape index (κ1) is 13.3. The van der Waals surface area contributed by atoms with Crippen molar-refractivity contribution in [1.29, 1.82) is 0 Å². The number of aliphatic hydroxyl groups is 1. The summed E-state index contributed by atoms with van der Waals surface area (Å²) in [6.07, 6.45) is 0.0497. The second-order valence-corrected chi connectivity index (χ2v) is 4.97. The minimum Gasteiger partial charge on any atom is -0.394 e. The number of benzene rings is 1. The third-order valence-corrected chi connectivity index (χ3v) is 3.44. The molecule has 0 bridgehead atoms. The summed E-state index contributed by atoms with van der Waals surface area (Å²) in [6, 6.07) is 6.34. The highest BCUT2D eigenvalue weighted by atomic mass is 16.5. The third kappa shape index (κ3) is 2.83. The molecule has 2 atom stereocenters. The fourth-order valence-corrected chi connectivity index (χ4v) is 2.46. The van der Waals surface area contributed by atoms with Gasteiger partial charge < -0.3 is 20.5 Å². The van der Waals surface area contributed by atoms with Crippen LogP contribution in [0.25, 0.3) is 0 Å². The van der Waals surface area contributed by atoms with Crippen molar-refractivity contribution in [3.05, 3.63) is 29.3 Å². The number of aliphatic hydroxyl groups excluding tert-OH is 1. The second-order valence-electron chi connectivity index (χ2n) is 4.97. The van der Waals surface area contributed by atoms with Gasteiger partial charge in [0.25, 0.3) is 0 Å². The number of anilines is 1. The van der Waals surface area contributed by atoms with E-state index in [1.54, 1.807) is 0 Å². The summed E-state index contributed by atoms with van der Waals surface area (Å²) in [5.41, 5.74) is 9.25. The first-order valence-electron chi connectivity index (χ1n) is 6.45. The Balaban J connectivity index is 2.17. The van der Waals surface area contributed by atoms with Crippen LogP contribution < -0.4 is 10.6 Å². The number of hydrogen-bond acceptors (Lipinski definition) is 4. The summed E-state index contributed by atoms with van der Waals surface area (Å²) < 4.78 is 5.65. The van der Waals surface area contributed by atoms with Gasteiger partial charge in [-0.1, -0.05) is 6.07 Å². The van der Waals surface area contributed by atoms with Gasteiger partial charge in [-0.3, -0.25) is 0 Å². The van der Waals surface area contributed by atoms with Gasteiger partial charge in [-0.15, -0.1) is 0 Å². The maximum absolute atomic E-state index is 9.24. The predicted molar refractivity (Wildman–Crippen MR) is 72.7 cm³/mol. The molecule has 100 valence electrons. The zero-order valence-electron chi connectivity index (χ0n) is 11.1. The largest absolute Gasteiger partial charge is 0.394 e. The molecular weight excluding hydrogens is 228 g/mol. The SMILES string of the molecule is Cc1cc(N2CC(C)OC(CO)C2)ccc1CN. The van der Waals surface area contributed by atoms with Crippen molar-refractivity contribution >= 4 is 5.69 Å². The molecule has 4 heteroatoms. The summed E-state index contributed by atoms with van der Waals surface area (Å²) in [5, 5.41) is 9.24. The van der Waals surface area contributed by atoms with E-state index >= 15 is 0 Å². The van der Waals surface area contributed by atoms with E-state index in [2.05, 4.69) is 30.0 Å². The van der Waals surface area contributed by atoms with Crippen LogP contribution in [0.5, 0.6) is 0 Å². The lowest BCUT2D eigenvalue weighted by atomic mass is 10.1. The molecule has 1 aliphatic heterocycles. The lowest BCUT2D eigenvalue weighted by Crippen LogP contribution is -2.48. The van der Waals surface area contributed by atoms with Crippen molar-refractivity contribution in [2.45, 2.75) is 32.6 Å². The van der Waals surface area contributed by atoms with Crippen molar-refractivity contribution < 1.29 is 9.84 Å². The van der Waals surface area contributed by atoms with E-state index in [0.29, 0.717) is 6.54 Å². The first-order valence-corrected chi connectivity index (χ1v) is 6.45. The molecule has 2 unspecified atom stereocenters. The van der Waals surface area contributed by atoms with Gasteiger partial charge in [0.1, 0.15) is 0 Å². The zero-order chi connectivity index (χ0) is 13.1. The van der Waals surface area contributed by atoms with Gasteiger partial charge in [-0.05, 0) is 37.1 Å². The standard InChI is InChI=1S/C14H22N2O2/c1-10-5-13(4-3-12(10)6-15)16-7-11(2)18-14(8-16)9-17/h3-5,11,14,17H,6-9,15H2,1-2H3. The molecule has 1 aromatic carbocycles. The van der Waals surface area contributed by atoms with Crippen molar-refractivity contribution in [2.24, 2.45) is 5.73 Å². The van der Waals surface area contributed by atoms with E-state index in [0.717, 1.165) is 13.1 Å². The van der Waals surface area contributed by atoms with Crippen LogP contribution in [-0.2, 0) is 11.3 Å². The molecule has 3 N–H and O–H groups in total. The smallest absolute Gasteiger partial charge is 0.0984 e. The van der Waals surface area contributed by atoms with Crippen molar-refractivity contribution in [3.8, 4) is 0 Å². The molecule has 1 fully saturated rings. The molecule has 2 rings (SSSR count). The molecule has 0 aliphatic carbocycles. The number of nitrogens with zero attached hydrogens (tertiary/aromatic N) is 1. The Morgan fingerprint density at radius 3 is 2.83 bits per heavy atom. The highest BCUT2D eigenvalue weighted by Gasteiger charge is 2.24. The molecule has 0 spiro atoms. The normalized spacial score (nSPS) is 24.3. The van der Waals surface area contributed by atoms with E-state index in [1.807, 2.05) is 6.92 Å². The Hall–Kier alpha value is -1.10. The molecular formula is C14H22N2O2. The van der Waals surface area contributed by atoms with E-state index < -0.39 is 0 Å². The number of rotatable bonds is 3. The minimum absolute atomic E-state index is 0.0701. The molecule has 0 aromatic heterocycles. The van der Waals surface area contributed by atoms with Gasteiger partial charge in [0.05, 0.1) is 18.8 Å². The van der Waals surface area contributed by atoms with E-state index in [4.69, 9.17) is 10.5 Å². The van der Waals surface area contributed by atoms with E-state index in [1.165, 1.54) is 16.8 Å². The summed E-state index contributed by atoms with van der Waals surface area (Å²) in [4.78, 5) is 2.27. The number of morpholine rings is 1.